The van der Waals surface area contributed by atoms with Gasteiger partial charge >= 0.3 is 6.03 Å². The number of aromatic nitrogens is 1. The van der Waals surface area contributed by atoms with Crippen molar-refractivity contribution >= 4 is 23.2 Å². The molecule has 2 aromatic rings. The van der Waals surface area contributed by atoms with E-state index in [2.05, 4.69) is 28.9 Å². The summed E-state index contributed by atoms with van der Waals surface area (Å²) >= 11 is 0. The van der Waals surface area contributed by atoms with Crippen molar-refractivity contribution in [2.45, 2.75) is 39.3 Å². The van der Waals surface area contributed by atoms with E-state index in [9.17, 15) is 9.59 Å². The highest BCUT2D eigenvalue weighted by Crippen LogP contribution is 2.38. The third-order valence-corrected chi connectivity index (χ3v) is 6.32. The topological polar surface area (TPSA) is 100 Å². The van der Waals surface area contributed by atoms with Crippen LogP contribution in [0.2, 0.25) is 0 Å². The van der Waals surface area contributed by atoms with E-state index in [0.717, 1.165) is 40.8 Å². The van der Waals surface area contributed by atoms with Crippen molar-refractivity contribution in [3.8, 4) is 11.1 Å². The minimum absolute atomic E-state index is 0.0135. The van der Waals surface area contributed by atoms with Crippen LogP contribution < -0.4 is 16.4 Å². The number of pyridine rings is 1. The number of urea groups is 1. The molecule has 7 heteroatoms. The Morgan fingerprint density at radius 3 is 2.84 bits per heavy atom. The molecular formula is C25H27N5O2. The smallest absolute Gasteiger partial charge is 0.317 e. The van der Waals surface area contributed by atoms with Crippen molar-refractivity contribution in [3.05, 3.63) is 64.5 Å². The third-order valence-electron chi connectivity index (χ3n) is 6.32. The van der Waals surface area contributed by atoms with Crippen LogP contribution in [0.1, 0.15) is 47.4 Å². The first-order chi connectivity index (χ1) is 15.4. The van der Waals surface area contributed by atoms with Gasteiger partial charge in [0.05, 0.1) is 11.3 Å². The number of hydrogen-bond acceptors (Lipinski definition) is 4. The van der Waals surface area contributed by atoms with Gasteiger partial charge in [0.2, 0.25) is 0 Å². The number of nitrogen functional groups attached to an aromatic ring is 1. The number of anilines is 1. The highest BCUT2D eigenvalue weighted by atomic mass is 16.2. The molecule has 0 spiro atoms. The van der Waals surface area contributed by atoms with E-state index in [1.165, 1.54) is 11.1 Å². The molecule has 1 aliphatic carbocycles. The van der Waals surface area contributed by atoms with Crippen LogP contribution in [0.3, 0.4) is 0 Å². The van der Waals surface area contributed by atoms with Gasteiger partial charge in [-0.25, -0.2) is 4.79 Å². The first kappa shape index (κ1) is 20.3. The maximum Gasteiger partial charge on any atom is 0.317 e. The average Bonchev–Trinajstić information content (AvgIpc) is 3.38. The fourth-order valence-electron chi connectivity index (χ4n) is 4.73. The fraction of sp³-hybridized carbons (Fsp3) is 0.320. The van der Waals surface area contributed by atoms with E-state index in [1.54, 1.807) is 6.07 Å². The molecular weight excluding hydrogens is 402 g/mol. The zero-order valence-electron chi connectivity index (χ0n) is 18.4. The van der Waals surface area contributed by atoms with E-state index in [0.29, 0.717) is 30.9 Å². The number of nitrogens with one attached hydrogen (secondary N) is 2. The Labute approximate surface area is 187 Å². The SMILES string of the molecule is CC(C)NC(=O)N1CC=C(C2=CCc3ncc(-c4ccc(N)c5c4CNC5=O)cc32)CC1. The standard InChI is InChI=1S/C25H27N5O2/c1-14(2)29-25(32)30-9-7-15(8-10-30)17-4-6-22-19(17)11-16(12-27-22)18-3-5-21(26)23-20(18)13-28-24(23)31/h3-5,7,11-12,14H,6,8-10,13,26H2,1-2H3,(H,28,31)(H,29,32). The van der Waals surface area contributed by atoms with Gasteiger partial charge in [0, 0.05) is 55.1 Å². The summed E-state index contributed by atoms with van der Waals surface area (Å²) in [4.78, 5) is 31.1. The second-order valence-corrected chi connectivity index (χ2v) is 8.81. The molecule has 3 heterocycles. The number of hydrogen-bond donors (Lipinski definition) is 3. The molecule has 1 aromatic carbocycles. The molecule has 1 aromatic heterocycles. The Bertz CT molecular complexity index is 1200. The quantitative estimate of drug-likeness (QED) is 0.652. The van der Waals surface area contributed by atoms with Gasteiger partial charge in [-0.1, -0.05) is 18.2 Å². The lowest BCUT2D eigenvalue weighted by Crippen LogP contribution is -2.44. The van der Waals surface area contributed by atoms with Gasteiger partial charge in [-0.3, -0.25) is 9.78 Å². The van der Waals surface area contributed by atoms with Crippen LogP contribution in [0, 0.1) is 0 Å². The number of rotatable bonds is 3. The van der Waals surface area contributed by atoms with Crippen molar-refractivity contribution in [2.24, 2.45) is 0 Å². The number of carbonyl (C=O) groups is 2. The summed E-state index contributed by atoms with van der Waals surface area (Å²) < 4.78 is 0. The van der Waals surface area contributed by atoms with Crippen molar-refractivity contribution in [1.82, 2.24) is 20.5 Å². The maximum atomic E-state index is 12.3. The van der Waals surface area contributed by atoms with Crippen LogP contribution in [0.15, 0.2) is 42.1 Å². The van der Waals surface area contributed by atoms with Gasteiger partial charge in [-0.2, -0.15) is 0 Å². The molecule has 0 unspecified atom stereocenters. The summed E-state index contributed by atoms with van der Waals surface area (Å²) in [5, 5.41) is 5.84. The average molecular weight is 430 g/mol. The molecule has 164 valence electrons. The summed E-state index contributed by atoms with van der Waals surface area (Å²) in [6.07, 6.45) is 7.89. The van der Waals surface area contributed by atoms with Gasteiger partial charge < -0.3 is 21.3 Å². The number of amides is 3. The van der Waals surface area contributed by atoms with Crippen LogP contribution >= 0.6 is 0 Å². The monoisotopic (exact) mass is 429 g/mol. The molecule has 3 aliphatic rings. The van der Waals surface area contributed by atoms with Crippen molar-refractivity contribution in [3.63, 3.8) is 0 Å². The van der Waals surface area contributed by atoms with Crippen LogP contribution in [0.25, 0.3) is 16.7 Å². The Morgan fingerprint density at radius 1 is 1.25 bits per heavy atom. The minimum atomic E-state index is -0.118. The van der Waals surface area contributed by atoms with Gasteiger partial charge in [0.1, 0.15) is 0 Å². The molecule has 2 aliphatic heterocycles. The van der Waals surface area contributed by atoms with Crippen LogP contribution in [0.4, 0.5) is 10.5 Å². The minimum Gasteiger partial charge on any atom is -0.398 e. The summed E-state index contributed by atoms with van der Waals surface area (Å²) in [7, 11) is 0. The van der Waals surface area contributed by atoms with E-state index < -0.39 is 0 Å². The zero-order chi connectivity index (χ0) is 22.4. The Kier molecular flexibility index (Phi) is 4.96. The van der Waals surface area contributed by atoms with E-state index in [-0.39, 0.29) is 18.0 Å². The molecule has 0 atom stereocenters. The number of allylic oxidation sites excluding steroid dienone is 2. The Balaban J connectivity index is 1.43. The first-order valence-electron chi connectivity index (χ1n) is 11.1. The number of carbonyl (C=O) groups excluding carboxylic acids is 2. The van der Waals surface area contributed by atoms with Crippen molar-refractivity contribution in [1.29, 1.82) is 0 Å². The van der Waals surface area contributed by atoms with Gasteiger partial charge in [-0.05, 0) is 54.7 Å². The largest absolute Gasteiger partial charge is 0.398 e. The summed E-state index contributed by atoms with van der Waals surface area (Å²) in [6.45, 7) is 5.72. The zero-order valence-corrected chi connectivity index (χ0v) is 18.4. The molecule has 0 radical (unpaired) electrons. The molecule has 0 bridgehead atoms. The molecule has 0 saturated carbocycles. The lowest BCUT2D eigenvalue weighted by molar-refractivity contribution is 0.0966. The molecule has 32 heavy (non-hydrogen) atoms. The summed E-state index contributed by atoms with van der Waals surface area (Å²) in [5.41, 5.74) is 14.7. The van der Waals surface area contributed by atoms with E-state index in [4.69, 9.17) is 10.7 Å². The maximum absolute atomic E-state index is 12.3. The second kappa shape index (κ2) is 7.82. The molecule has 7 nitrogen and oxygen atoms in total. The van der Waals surface area contributed by atoms with Crippen molar-refractivity contribution < 1.29 is 9.59 Å². The normalized spacial score (nSPS) is 17.0. The lowest BCUT2D eigenvalue weighted by atomic mass is 9.92. The van der Waals surface area contributed by atoms with Crippen molar-refractivity contribution in [2.75, 3.05) is 18.8 Å². The highest BCUT2D eigenvalue weighted by Gasteiger charge is 2.27. The van der Waals surface area contributed by atoms with Gasteiger partial charge in [0.25, 0.3) is 5.91 Å². The molecule has 5 rings (SSSR count). The van der Waals surface area contributed by atoms with Gasteiger partial charge in [-0.15, -0.1) is 0 Å². The summed E-state index contributed by atoms with van der Waals surface area (Å²) in [6, 6.07) is 6.06. The van der Waals surface area contributed by atoms with E-state index in [1.807, 2.05) is 31.0 Å². The number of nitrogens with zero attached hydrogens (tertiary/aromatic N) is 2. The van der Waals surface area contributed by atoms with Crippen LogP contribution in [-0.4, -0.2) is 41.0 Å². The predicted molar refractivity (Wildman–Crippen MR) is 125 cm³/mol. The third kappa shape index (κ3) is 3.43. The molecule has 3 amide bonds. The molecule has 4 N–H and O–H groups in total. The van der Waals surface area contributed by atoms with E-state index >= 15 is 0 Å². The number of benzene rings is 1. The van der Waals surface area contributed by atoms with Crippen LogP contribution in [0.5, 0.6) is 0 Å². The second-order valence-electron chi connectivity index (χ2n) is 8.81. The molecule has 0 fully saturated rings. The van der Waals surface area contributed by atoms with Crippen LogP contribution in [-0.2, 0) is 13.0 Å². The Morgan fingerprint density at radius 2 is 2.09 bits per heavy atom. The lowest BCUT2D eigenvalue weighted by Gasteiger charge is -2.28. The Hall–Kier alpha value is -3.61. The highest BCUT2D eigenvalue weighted by molar-refractivity contribution is 6.05. The first-order valence-corrected chi connectivity index (χ1v) is 11.1. The molecule has 0 saturated heterocycles. The van der Waals surface area contributed by atoms with Gasteiger partial charge in [0.15, 0.2) is 0 Å². The number of fused-ring (bicyclic) bond motifs is 2. The fourth-order valence-corrected chi connectivity index (χ4v) is 4.73. The predicted octanol–water partition coefficient (Wildman–Crippen LogP) is 3.26. The summed E-state index contributed by atoms with van der Waals surface area (Å²) in [5.74, 6) is -0.118. The number of nitrogens with two attached hydrogens (primary N) is 1.